The summed E-state index contributed by atoms with van der Waals surface area (Å²) in [5.74, 6) is 2.37. The molecule has 6 heteroatoms. The molecule has 1 aromatic heterocycles. The number of hydrogen-bond donors (Lipinski definition) is 1. The third kappa shape index (κ3) is 4.18. The van der Waals surface area contributed by atoms with Gasteiger partial charge in [-0.15, -0.1) is 0 Å². The zero-order valence-electron chi connectivity index (χ0n) is 17.2. The molecule has 1 aromatic rings. The van der Waals surface area contributed by atoms with Gasteiger partial charge in [-0.1, -0.05) is 12.2 Å². The topological polar surface area (TPSA) is 69.3 Å². The molecule has 5 rings (SSSR count). The number of likely N-dealkylation sites (tertiary alicyclic amines) is 1. The van der Waals surface area contributed by atoms with Gasteiger partial charge in [-0.2, -0.15) is 0 Å². The number of aromatic nitrogens is 2. The maximum Gasteiger partial charge on any atom is 0.256 e. The minimum absolute atomic E-state index is 0.0344. The van der Waals surface area contributed by atoms with Gasteiger partial charge < -0.3 is 14.8 Å². The Kier molecular flexibility index (Phi) is 5.29. The van der Waals surface area contributed by atoms with Crippen molar-refractivity contribution in [3.05, 3.63) is 39.6 Å². The molecule has 0 radical (unpaired) electrons. The summed E-state index contributed by atoms with van der Waals surface area (Å²) < 4.78 is 0. The summed E-state index contributed by atoms with van der Waals surface area (Å²) in [5.41, 5.74) is 1.58. The van der Waals surface area contributed by atoms with Gasteiger partial charge in [0, 0.05) is 37.9 Å². The molecule has 4 aliphatic rings. The Hall–Kier alpha value is -1.95. The quantitative estimate of drug-likeness (QED) is 0.795. The molecule has 6 nitrogen and oxygen atoms in total. The molecule has 0 aromatic carbocycles. The summed E-state index contributed by atoms with van der Waals surface area (Å²) in [6.07, 6.45) is 13.3. The van der Waals surface area contributed by atoms with E-state index in [-0.39, 0.29) is 17.4 Å². The second-order valence-electron chi connectivity index (χ2n) is 9.41. The zero-order chi connectivity index (χ0) is 19.8. The van der Waals surface area contributed by atoms with Gasteiger partial charge in [0.25, 0.3) is 5.56 Å². The molecule has 1 saturated heterocycles. The van der Waals surface area contributed by atoms with Crippen LogP contribution in [0.2, 0.25) is 0 Å². The maximum absolute atomic E-state index is 12.8. The summed E-state index contributed by atoms with van der Waals surface area (Å²) in [6, 6.07) is 0. The van der Waals surface area contributed by atoms with Crippen molar-refractivity contribution in [2.45, 2.75) is 63.8 Å². The monoisotopic (exact) mass is 396 g/mol. The van der Waals surface area contributed by atoms with Crippen molar-refractivity contribution < 1.29 is 4.79 Å². The van der Waals surface area contributed by atoms with E-state index in [9.17, 15) is 9.59 Å². The molecular weight excluding hydrogens is 364 g/mol. The number of piperidine rings is 1. The smallest absolute Gasteiger partial charge is 0.256 e. The molecule has 0 unspecified atom stereocenters. The van der Waals surface area contributed by atoms with Gasteiger partial charge in [-0.3, -0.25) is 9.59 Å². The zero-order valence-corrected chi connectivity index (χ0v) is 17.2. The van der Waals surface area contributed by atoms with Gasteiger partial charge in [0.05, 0.1) is 17.8 Å². The molecule has 1 amide bonds. The van der Waals surface area contributed by atoms with Crippen molar-refractivity contribution in [3.63, 3.8) is 0 Å². The number of amides is 1. The van der Waals surface area contributed by atoms with Crippen LogP contribution in [0.5, 0.6) is 0 Å². The summed E-state index contributed by atoms with van der Waals surface area (Å²) in [6.45, 7) is 4.44. The number of nitrogens with one attached hydrogen (secondary N) is 1. The van der Waals surface area contributed by atoms with Crippen molar-refractivity contribution in [1.82, 2.24) is 19.8 Å². The van der Waals surface area contributed by atoms with Crippen LogP contribution in [0, 0.1) is 11.8 Å². The summed E-state index contributed by atoms with van der Waals surface area (Å²) in [4.78, 5) is 37.6. The van der Waals surface area contributed by atoms with E-state index in [0.29, 0.717) is 31.0 Å². The predicted molar refractivity (Wildman–Crippen MR) is 112 cm³/mol. The number of H-pyrrole nitrogens is 1. The number of rotatable bonds is 4. The Bertz CT molecular complexity index is 857. The lowest BCUT2D eigenvalue weighted by Crippen LogP contribution is -2.42. The minimum atomic E-state index is -0.0344. The van der Waals surface area contributed by atoms with Crippen LogP contribution in [0.3, 0.4) is 0 Å². The lowest BCUT2D eigenvalue weighted by atomic mass is 9.91. The van der Waals surface area contributed by atoms with Crippen LogP contribution in [0.1, 0.15) is 67.9 Å². The van der Waals surface area contributed by atoms with Crippen molar-refractivity contribution in [1.29, 1.82) is 0 Å². The molecular formula is C23H32N4O2. The van der Waals surface area contributed by atoms with Gasteiger partial charge in [0.1, 0.15) is 5.82 Å². The average molecular weight is 397 g/mol. The van der Waals surface area contributed by atoms with Crippen LogP contribution in [-0.2, 0) is 17.8 Å². The Morgan fingerprint density at radius 3 is 2.86 bits per heavy atom. The van der Waals surface area contributed by atoms with E-state index in [1.165, 1.54) is 19.3 Å². The Morgan fingerprint density at radius 1 is 1.17 bits per heavy atom. The fourth-order valence-corrected chi connectivity index (χ4v) is 5.25. The number of nitrogens with zero attached hydrogens (tertiary/aromatic N) is 3. The molecule has 156 valence electrons. The van der Waals surface area contributed by atoms with Crippen LogP contribution in [0.4, 0.5) is 0 Å². The lowest BCUT2D eigenvalue weighted by molar-refractivity contribution is -0.133. The van der Waals surface area contributed by atoms with E-state index in [0.717, 1.165) is 62.8 Å². The van der Waals surface area contributed by atoms with Crippen LogP contribution in [0.25, 0.3) is 0 Å². The number of allylic oxidation sites excluding steroid dienone is 2. The van der Waals surface area contributed by atoms with Crippen molar-refractivity contribution in [2.24, 2.45) is 11.8 Å². The van der Waals surface area contributed by atoms with Crippen LogP contribution >= 0.6 is 0 Å². The number of aromatic amines is 1. The highest BCUT2D eigenvalue weighted by molar-refractivity contribution is 5.81. The van der Waals surface area contributed by atoms with Gasteiger partial charge in [0.2, 0.25) is 5.91 Å². The summed E-state index contributed by atoms with van der Waals surface area (Å²) in [5, 5.41) is 0. The fraction of sp³-hybridized carbons (Fsp3) is 0.696. The molecule has 2 aliphatic carbocycles. The lowest BCUT2D eigenvalue weighted by Gasteiger charge is -2.35. The normalized spacial score (nSPS) is 27.7. The van der Waals surface area contributed by atoms with E-state index in [1.807, 2.05) is 4.90 Å². The van der Waals surface area contributed by atoms with Gasteiger partial charge >= 0.3 is 0 Å². The molecule has 2 fully saturated rings. The average Bonchev–Trinajstić information content (AvgIpc) is 3.59. The third-order valence-electron chi connectivity index (χ3n) is 7.11. The van der Waals surface area contributed by atoms with E-state index in [2.05, 4.69) is 22.0 Å². The standard InChI is InChI=1S/C23H32N4O2/c28-22-19-15-27(23(29)17-8-9-17)12-10-20(19)24-21(25-22)18-7-4-11-26(14-18)13-16-5-2-1-3-6-16/h1-2,16-18H,3-15H2,(H,24,25,28)/t16-,18-/m0/s1. The first kappa shape index (κ1) is 19.0. The SMILES string of the molecule is O=C(C1CC1)N1CCc2nc([C@H]3CCCN(C[C@H]4CC=CCC4)C3)[nH]c(=O)c2C1. The molecule has 0 bridgehead atoms. The van der Waals surface area contributed by atoms with E-state index in [1.54, 1.807) is 0 Å². The second-order valence-corrected chi connectivity index (χ2v) is 9.41. The molecule has 29 heavy (non-hydrogen) atoms. The second kappa shape index (κ2) is 8.05. The fourth-order valence-electron chi connectivity index (χ4n) is 5.25. The van der Waals surface area contributed by atoms with E-state index >= 15 is 0 Å². The Labute approximate surface area is 172 Å². The molecule has 2 aliphatic heterocycles. The molecule has 2 atom stereocenters. The summed E-state index contributed by atoms with van der Waals surface area (Å²) >= 11 is 0. The Balaban J connectivity index is 1.27. The highest BCUT2D eigenvalue weighted by Gasteiger charge is 2.36. The first-order chi connectivity index (χ1) is 14.2. The van der Waals surface area contributed by atoms with Crippen LogP contribution in [-0.4, -0.2) is 51.9 Å². The highest BCUT2D eigenvalue weighted by atomic mass is 16.2. The molecule has 0 spiro atoms. The van der Waals surface area contributed by atoms with E-state index in [4.69, 9.17) is 4.98 Å². The van der Waals surface area contributed by atoms with Gasteiger partial charge in [0.15, 0.2) is 0 Å². The number of carbonyl (C=O) groups is 1. The van der Waals surface area contributed by atoms with Gasteiger partial charge in [-0.05, 0) is 57.4 Å². The van der Waals surface area contributed by atoms with E-state index < -0.39 is 0 Å². The molecule has 3 heterocycles. The van der Waals surface area contributed by atoms with Crippen molar-refractivity contribution in [3.8, 4) is 0 Å². The maximum atomic E-state index is 12.8. The predicted octanol–water partition coefficient (Wildman–Crippen LogP) is 2.60. The highest BCUT2D eigenvalue weighted by Crippen LogP contribution is 2.32. The molecule has 1 saturated carbocycles. The third-order valence-corrected chi connectivity index (χ3v) is 7.11. The van der Waals surface area contributed by atoms with Crippen molar-refractivity contribution >= 4 is 5.91 Å². The first-order valence-corrected chi connectivity index (χ1v) is 11.5. The number of hydrogen-bond acceptors (Lipinski definition) is 4. The largest absolute Gasteiger partial charge is 0.337 e. The van der Waals surface area contributed by atoms with Crippen molar-refractivity contribution in [2.75, 3.05) is 26.2 Å². The number of fused-ring (bicyclic) bond motifs is 1. The van der Waals surface area contributed by atoms with Crippen LogP contribution in [0.15, 0.2) is 16.9 Å². The van der Waals surface area contributed by atoms with Crippen LogP contribution < -0.4 is 5.56 Å². The minimum Gasteiger partial charge on any atom is -0.337 e. The Morgan fingerprint density at radius 2 is 2.07 bits per heavy atom. The molecule has 1 N–H and O–H groups in total. The first-order valence-electron chi connectivity index (χ1n) is 11.5. The number of carbonyl (C=O) groups excluding carboxylic acids is 1. The summed E-state index contributed by atoms with van der Waals surface area (Å²) in [7, 11) is 0. The van der Waals surface area contributed by atoms with Gasteiger partial charge in [-0.25, -0.2) is 4.98 Å².